The molecule has 3 heteroatoms. The Morgan fingerprint density at radius 2 is 2.00 bits per heavy atom. The minimum absolute atomic E-state index is 0.183. The highest BCUT2D eigenvalue weighted by Crippen LogP contribution is 2.23. The van der Waals surface area contributed by atoms with Gasteiger partial charge in [-0.3, -0.25) is 0 Å². The van der Waals surface area contributed by atoms with E-state index in [9.17, 15) is 4.39 Å². The zero-order chi connectivity index (χ0) is 14.3. The van der Waals surface area contributed by atoms with Crippen LogP contribution in [0.2, 0.25) is 5.02 Å². The molecule has 108 valence electrons. The van der Waals surface area contributed by atoms with E-state index in [1.807, 2.05) is 0 Å². The number of hydrogen-bond donors (Lipinski definition) is 1. The molecule has 1 aromatic rings. The van der Waals surface area contributed by atoms with Crippen molar-refractivity contribution in [2.24, 2.45) is 11.8 Å². The maximum absolute atomic E-state index is 13.8. The standard InChI is InChI=1S/C16H25ClFN/c1-4-6-13(11-19-10-12(2)3)9-14-15(17)7-5-8-16(14)18/h5,7-8,12-13,19H,4,6,9-11H2,1-3H3. The summed E-state index contributed by atoms with van der Waals surface area (Å²) < 4.78 is 13.8. The molecule has 1 atom stereocenters. The van der Waals surface area contributed by atoms with E-state index in [2.05, 4.69) is 26.1 Å². The first kappa shape index (κ1) is 16.5. The van der Waals surface area contributed by atoms with Gasteiger partial charge in [-0.05, 0) is 49.9 Å². The fraction of sp³-hybridized carbons (Fsp3) is 0.625. The minimum Gasteiger partial charge on any atom is -0.316 e. The molecule has 1 unspecified atom stereocenters. The van der Waals surface area contributed by atoms with Crippen molar-refractivity contribution in [3.8, 4) is 0 Å². The van der Waals surface area contributed by atoms with E-state index in [0.29, 0.717) is 28.8 Å². The third-order valence-corrected chi connectivity index (χ3v) is 3.59. The summed E-state index contributed by atoms with van der Waals surface area (Å²) in [6, 6.07) is 4.92. The first-order valence-electron chi connectivity index (χ1n) is 7.18. The largest absolute Gasteiger partial charge is 0.316 e. The van der Waals surface area contributed by atoms with Gasteiger partial charge in [0.05, 0.1) is 0 Å². The lowest BCUT2D eigenvalue weighted by atomic mass is 9.94. The van der Waals surface area contributed by atoms with Crippen molar-refractivity contribution in [1.29, 1.82) is 0 Å². The van der Waals surface area contributed by atoms with Gasteiger partial charge in [0.25, 0.3) is 0 Å². The molecule has 0 aliphatic heterocycles. The van der Waals surface area contributed by atoms with Crippen LogP contribution in [-0.4, -0.2) is 13.1 Å². The van der Waals surface area contributed by atoms with Crippen molar-refractivity contribution in [1.82, 2.24) is 5.32 Å². The maximum Gasteiger partial charge on any atom is 0.127 e. The number of halogens is 2. The quantitative estimate of drug-likeness (QED) is 0.731. The van der Waals surface area contributed by atoms with E-state index in [-0.39, 0.29) is 5.82 Å². The summed E-state index contributed by atoms with van der Waals surface area (Å²) in [7, 11) is 0. The summed E-state index contributed by atoms with van der Waals surface area (Å²) in [5.41, 5.74) is 0.661. The Morgan fingerprint density at radius 3 is 2.58 bits per heavy atom. The topological polar surface area (TPSA) is 12.0 Å². The average molecular weight is 286 g/mol. The molecule has 0 aliphatic rings. The lowest BCUT2D eigenvalue weighted by Crippen LogP contribution is -2.27. The number of rotatable bonds is 8. The van der Waals surface area contributed by atoms with Gasteiger partial charge < -0.3 is 5.32 Å². The van der Waals surface area contributed by atoms with Crippen LogP contribution in [0.1, 0.15) is 39.2 Å². The van der Waals surface area contributed by atoms with Crippen molar-refractivity contribution in [2.45, 2.75) is 40.0 Å². The van der Waals surface area contributed by atoms with Gasteiger partial charge in [-0.25, -0.2) is 4.39 Å². The molecular weight excluding hydrogens is 261 g/mol. The molecule has 0 saturated heterocycles. The van der Waals surface area contributed by atoms with Crippen molar-refractivity contribution < 1.29 is 4.39 Å². The third-order valence-electron chi connectivity index (χ3n) is 3.24. The highest BCUT2D eigenvalue weighted by Gasteiger charge is 2.14. The average Bonchev–Trinajstić information content (AvgIpc) is 2.33. The van der Waals surface area contributed by atoms with Crippen LogP contribution in [0.15, 0.2) is 18.2 Å². The molecule has 0 radical (unpaired) electrons. The second kappa shape index (κ2) is 8.55. The van der Waals surface area contributed by atoms with Crippen molar-refractivity contribution >= 4 is 11.6 Å². The molecule has 0 amide bonds. The van der Waals surface area contributed by atoms with E-state index in [4.69, 9.17) is 11.6 Å². The Morgan fingerprint density at radius 1 is 1.26 bits per heavy atom. The number of benzene rings is 1. The molecular formula is C16H25ClFN. The van der Waals surface area contributed by atoms with E-state index in [1.54, 1.807) is 12.1 Å². The summed E-state index contributed by atoms with van der Waals surface area (Å²) in [6.45, 7) is 8.48. The van der Waals surface area contributed by atoms with Gasteiger partial charge in [0.2, 0.25) is 0 Å². The highest BCUT2D eigenvalue weighted by molar-refractivity contribution is 6.31. The lowest BCUT2D eigenvalue weighted by Gasteiger charge is -2.19. The second-order valence-electron chi connectivity index (χ2n) is 5.61. The van der Waals surface area contributed by atoms with Crippen LogP contribution in [0.3, 0.4) is 0 Å². The van der Waals surface area contributed by atoms with Crippen LogP contribution in [0, 0.1) is 17.7 Å². The van der Waals surface area contributed by atoms with Crippen LogP contribution in [0.25, 0.3) is 0 Å². The van der Waals surface area contributed by atoms with E-state index < -0.39 is 0 Å². The Labute approximate surface area is 121 Å². The summed E-state index contributed by atoms with van der Waals surface area (Å²) >= 11 is 6.10. The summed E-state index contributed by atoms with van der Waals surface area (Å²) in [4.78, 5) is 0. The minimum atomic E-state index is -0.183. The van der Waals surface area contributed by atoms with Crippen LogP contribution in [0.4, 0.5) is 4.39 Å². The highest BCUT2D eigenvalue weighted by atomic mass is 35.5. The molecule has 0 aromatic heterocycles. The van der Waals surface area contributed by atoms with Gasteiger partial charge in [-0.1, -0.05) is 44.9 Å². The fourth-order valence-corrected chi connectivity index (χ4v) is 2.52. The SMILES string of the molecule is CCCC(CNCC(C)C)Cc1c(F)cccc1Cl. The van der Waals surface area contributed by atoms with Crippen molar-refractivity contribution in [3.05, 3.63) is 34.6 Å². The van der Waals surface area contributed by atoms with E-state index in [0.717, 1.165) is 25.9 Å². The molecule has 1 N–H and O–H groups in total. The third kappa shape index (κ3) is 5.92. The first-order valence-corrected chi connectivity index (χ1v) is 7.56. The van der Waals surface area contributed by atoms with Crippen LogP contribution >= 0.6 is 11.6 Å². The van der Waals surface area contributed by atoms with Crippen LogP contribution in [0.5, 0.6) is 0 Å². The van der Waals surface area contributed by atoms with Gasteiger partial charge in [0.15, 0.2) is 0 Å². The Kier molecular flexibility index (Phi) is 7.40. The molecule has 1 aromatic carbocycles. The second-order valence-corrected chi connectivity index (χ2v) is 6.02. The summed E-state index contributed by atoms with van der Waals surface area (Å²) in [5, 5.41) is 4.01. The van der Waals surface area contributed by atoms with Crippen molar-refractivity contribution in [3.63, 3.8) is 0 Å². The Balaban J connectivity index is 2.62. The first-order chi connectivity index (χ1) is 9.04. The number of nitrogens with one attached hydrogen (secondary N) is 1. The fourth-order valence-electron chi connectivity index (χ4n) is 2.28. The lowest BCUT2D eigenvalue weighted by molar-refractivity contribution is 0.415. The van der Waals surface area contributed by atoms with Gasteiger partial charge >= 0.3 is 0 Å². The van der Waals surface area contributed by atoms with Gasteiger partial charge in [0.1, 0.15) is 5.82 Å². The molecule has 1 nitrogen and oxygen atoms in total. The molecule has 0 bridgehead atoms. The smallest absolute Gasteiger partial charge is 0.127 e. The molecule has 0 spiro atoms. The van der Waals surface area contributed by atoms with Crippen LogP contribution < -0.4 is 5.32 Å². The molecule has 1 rings (SSSR count). The van der Waals surface area contributed by atoms with Crippen LogP contribution in [-0.2, 0) is 6.42 Å². The molecule has 0 heterocycles. The molecule has 0 aliphatic carbocycles. The van der Waals surface area contributed by atoms with E-state index in [1.165, 1.54) is 6.07 Å². The van der Waals surface area contributed by atoms with Gasteiger partial charge in [-0.2, -0.15) is 0 Å². The zero-order valence-corrected chi connectivity index (χ0v) is 12.9. The Hall–Kier alpha value is -0.600. The summed E-state index contributed by atoms with van der Waals surface area (Å²) in [6.07, 6.45) is 2.92. The zero-order valence-electron chi connectivity index (χ0n) is 12.2. The molecule has 0 fully saturated rings. The molecule has 19 heavy (non-hydrogen) atoms. The molecule has 0 saturated carbocycles. The van der Waals surface area contributed by atoms with Gasteiger partial charge in [-0.15, -0.1) is 0 Å². The maximum atomic E-state index is 13.8. The summed E-state index contributed by atoms with van der Waals surface area (Å²) in [5.74, 6) is 0.898. The Bertz CT molecular complexity index is 359. The number of hydrogen-bond acceptors (Lipinski definition) is 1. The van der Waals surface area contributed by atoms with Gasteiger partial charge in [0, 0.05) is 10.6 Å². The van der Waals surface area contributed by atoms with Crippen molar-refractivity contribution in [2.75, 3.05) is 13.1 Å². The monoisotopic (exact) mass is 285 g/mol. The normalized spacial score (nSPS) is 12.9. The van der Waals surface area contributed by atoms with E-state index >= 15 is 0 Å². The predicted octanol–water partition coefficient (Wildman–Crippen LogP) is 4.68. The predicted molar refractivity (Wildman–Crippen MR) is 81.2 cm³/mol.